The van der Waals surface area contributed by atoms with E-state index in [1.807, 2.05) is 78.9 Å². The van der Waals surface area contributed by atoms with Gasteiger partial charge in [0.15, 0.2) is 5.60 Å². The molecule has 0 fully saturated rings. The molecule has 0 saturated heterocycles. The summed E-state index contributed by atoms with van der Waals surface area (Å²) in [4.78, 5) is 29.0. The third kappa shape index (κ3) is 6.00. The van der Waals surface area contributed by atoms with Crippen molar-refractivity contribution in [3.63, 3.8) is 0 Å². The van der Waals surface area contributed by atoms with Crippen LogP contribution in [0.4, 0.5) is 22.7 Å². The van der Waals surface area contributed by atoms with Crippen LogP contribution in [0.15, 0.2) is 109 Å². The molecule has 7 nitrogen and oxygen atoms in total. The van der Waals surface area contributed by atoms with Crippen molar-refractivity contribution in [2.75, 3.05) is 28.6 Å². The van der Waals surface area contributed by atoms with Gasteiger partial charge in [0.1, 0.15) is 11.5 Å². The van der Waals surface area contributed by atoms with Crippen molar-refractivity contribution in [3.05, 3.63) is 142 Å². The van der Waals surface area contributed by atoms with Crippen LogP contribution in [0.3, 0.4) is 0 Å². The number of anilines is 4. The highest BCUT2D eigenvalue weighted by atomic mass is 35.5. The highest BCUT2D eigenvalue weighted by Gasteiger charge is 2.53. The number of unbranched alkanes of at least 4 members (excludes halogenated alkanes) is 2. The number of esters is 1. The number of amides is 1. The summed E-state index contributed by atoms with van der Waals surface area (Å²) in [5, 5.41) is 6.58. The largest absolute Gasteiger partial charge is 0.456 e. The Kier molecular flexibility index (Phi) is 9.02. The molecule has 7 rings (SSSR count). The number of ether oxygens (including phenoxy) is 2. The smallest absolute Gasteiger partial charge is 0.340 e. The molecule has 1 atom stereocenters. The van der Waals surface area contributed by atoms with Crippen LogP contribution in [0.1, 0.15) is 76.9 Å². The van der Waals surface area contributed by atoms with E-state index in [9.17, 15) is 9.59 Å². The molecule has 1 spiro atoms. The lowest BCUT2D eigenvalue weighted by Gasteiger charge is -2.37. The van der Waals surface area contributed by atoms with Gasteiger partial charge in [-0.25, -0.2) is 4.79 Å². The first-order valence-corrected chi connectivity index (χ1v) is 17.3. The van der Waals surface area contributed by atoms with Crippen LogP contribution in [0.2, 0.25) is 5.02 Å². The second-order valence-electron chi connectivity index (χ2n) is 12.4. The summed E-state index contributed by atoms with van der Waals surface area (Å²) >= 11 is 6.82. The van der Waals surface area contributed by atoms with Crippen molar-refractivity contribution in [2.24, 2.45) is 0 Å². The fraction of sp³-hybridized carbons (Fsp3) is 0.220. The maximum absolute atomic E-state index is 13.5. The first-order chi connectivity index (χ1) is 23.9. The third-order valence-electron chi connectivity index (χ3n) is 9.18. The van der Waals surface area contributed by atoms with E-state index in [-0.39, 0.29) is 16.9 Å². The van der Waals surface area contributed by atoms with Gasteiger partial charge < -0.3 is 25.0 Å². The number of hydrogen-bond acceptors (Lipinski definition) is 6. The fourth-order valence-corrected chi connectivity index (χ4v) is 6.94. The molecule has 2 N–H and O–H groups in total. The Morgan fingerprint density at radius 3 is 2.29 bits per heavy atom. The summed E-state index contributed by atoms with van der Waals surface area (Å²) in [6.45, 7) is 6.33. The Morgan fingerprint density at radius 2 is 1.51 bits per heavy atom. The highest BCUT2D eigenvalue weighted by Crippen LogP contribution is 2.57. The number of fused-ring (bicyclic) bond motifs is 6. The SMILES string of the molecule is CCCCN(CCCC)c1ccc2c(c1)Oc1ccc(Nc3cccc(C(=O)Nc4ccccc4)c3Cl)cc1C21OC(=O)c2ccccc21. The molecule has 248 valence electrons. The molecular formula is C41H38ClN3O4. The van der Waals surface area contributed by atoms with Crippen molar-refractivity contribution in [2.45, 2.75) is 45.1 Å². The lowest BCUT2D eigenvalue weighted by Crippen LogP contribution is -2.33. The van der Waals surface area contributed by atoms with E-state index in [2.05, 4.69) is 41.5 Å². The van der Waals surface area contributed by atoms with E-state index in [1.54, 1.807) is 18.2 Å². The minimum Gasteiger partial charge on any atom is -0.456 e. The normalized spacial score (nSPS) is 15.4. The topological polar surface area (TPSA) is 79.9 Å². The Hall–Kier alpha value is -5.27. The third-order valence-corrected chi connectivity index (χ3v) is 9.58. The molecular weight excluding hydrogens is 634 g/mol. The van der Waals surface area contributed by atoms with Crippen LogP contribution in [-0.4, -0.2) is 25.0 Å². The molecule has 2 aliphatic heterocycles. The zero-order valence-electron chi connectivity index (χ0n) is 27.6. The summed E-state index contributed by atoms with van der Waals surface area (Å²) in [7, 11) is 0. The van der Waals surface area contributed by atoms with E-state index in [1.165, 1.54) is 0 Å². The molecule has 0 bridgehead atoms. The first-order valence-electron chi connectivity index (χ1n) is 16.9. The van der Waals surface area contributed by atoms with Gasteiger partial charge >= 0.3 is 5.97 Å². The number of benzene rings is 5. The molecule has 1 amide bonds. The number of hydrogen-bond donors (Lipinski definition) is 2. The lowest BCUT2D eigenvalue weighted by atomic mass is 9.77. The zero-order chi connectivity index (χ0) is 34.0. The average molecular weight is 672 g/mol. The molecule has 1 unspecified atom stereocenters. The summed E-state index contributed by atoms with van der Waals surface area (Å²) in [5.41, 5.74) is 4.88. The molecule has 49 heavy (non-hydrogen) atoms. The first kappa shape index (κ1) is 32.3. The average Bonchev–Trinajstić information content (AvgIpc) is 3.42. The molecule has 0 aliphatic carbocycles. The van der Waals surface area contributed by atoms with Crippen LogP contribution in [-0.2, 0) is 10.3 Å². The Morgan fingerprint density at radius 1 is 0.755 bits per heavy atom. The second kappa shape index (κ2) is 13.7. The molecule has 5 aromatic carbocycles. The maximum Gasteiger partial charge on any atom is 0.340 e. The molecule has 2 heterocycles. The number of nitrogens with zero attached hydrogens (tertiary/aromatic N) is 1. The van der Waals surface area contributed by atoms with Crippen molar-refractivity contribution in [1.29, 1.82) is 0 Å². The summed E-state index contributed by atoms with van der Waals surface area (Å²) in [6.07, 6.45) is 4.42. The van der Waals surface area contributed by atoms with E-state index in [4.69, 9.17) is 21.1 Å². The van der Waals surface area contributed by atoms with Crippen LogP contribution >= 0.6 is 11.6 Å². The second-order valence-corrected chi connectivity index (χ2v) is 12.8. The number of nitrogens with one attached hydrogen (secondary N) is 2. The van der Waals surface area contributed by atoms with Gasteiger partial charge in [0.2, 0.25) is 0 Å². The molecule has 0 radical (unpaired) electrons. The van der Waals surface area contributed by atoms with Gasteiger partial charge in [-0.1, -0.05) is 80.8 Å². The number of para-hydroxylation sites is 1. The Labute approximate surface area is 291 Å². The zero-order valence-corrected chi connectivity index (χ0v) is 28.3. The highest BCUT2D eigenvalue weighted by molar-refractivity contribution is 6.37. The predicted molar refractivity (Wildman–Crippen MR) is 196 cm³/mol. The van der Waals surface area contributed by atoms with Crippen LogP contribution in [0, 0.1) is 0 Å². The lowest BCUT2D eigenvalue weighted by molar-refractivity contribution is 0.0224. The van der Waals surface area contributed by atoms with Gasteiger partial charge in [0, 0.05) is 52.9 Å². The van der Waals surface area contributed by atoms with Crippen molar-refractivity contribution >= 4 is 46.2 Å². The number of rotatable bonds is 11. The standard InChI is InChI=1S/C41H38ClN3O4/c1-3-5-23-45(24-6-4-2)29-20-21-33-37(26-29)48-36-22-19-28(25-34(36)41(33)32-17-11-10-15-30(32)40(47)49-41)43-35-18-12-16-31(38(35)42)39(46)44-27-13-8-7-9-14-27/h7-22,25-26,43H,3-6,23-24H2,1-2H3,(H,44,46). The van der Waals surface area contributed by atoms with Gasteiger partial charge in [0.25, 0.3) is 5.91 Å². The van der Waals surface area contributed by atoms with E-state index in [0.717, 1.165) is 55.6 Å². The van der Waals surface area contributed by atoms with Gasteiger partial charge in [-0.15, -0.1) is 0 Å². The maximum atomic E-state index is 13.5. The number of carbonyl (C=O) groups is 2. The van der Waals surface area contributed by atoms with Gasteiger partial charge in [0.05, 0.1) is 21.8 Å². The van der Waals surface area contributed by atoms with E-state index >= 15 is 0 Å². The quantitative estimate of drug-likeness (QED) is 0.136. The van der Waals surface area contributed by atoms with Gasteiger partial charge in [-0.2, -0.15) is 0 Å². The number of halogens is 1. The Bertz CT molecular complexity index is 2020. The Balaban J connectivity index is 1.27. The van der Waals surface area contributed by atoms with Gasteiger partial charge in [-0.05, 0) is 73.5 Å². The minimum atomic E-state index is -1.22. The molecule has 0 saturated carbocycles. The van der Waals surface area contributed by atoms with E-state index < -0.39 is 5.60 Å². The molecule has 8 heteroatoms. The summed E-state index contributed by atoms with van der Waals surface area (Å²) in [6, 6.07) is 34.0. The predicted octanol–water partition coefficient (Wildman–Crippen LogP) is 10.3. The van der Waals surface area contributed by atoms with Crippen molar-refractivity contribution in [1.82, 2.24) is 0 Å². The van der Waals surface area contributed by atoms with Gasteiger partial charge in [-0.3, -0.25) is 4.79 Å². The van der Waals surface area contributed by atoms with Crippen molar-refractivity contribution < 1.29 is 19.1 Å². The monoisotopic (exact) mass is 671 g/mol. The van der Waals surface area contributed by atoms with Crippen LogP contribution < -0.4 is 20.3 Å². The molecule has 0 aromatic heterocycles. The van der Waals surface area contributed by atoms with Crippen molar-refractivity contribution in [3.8, 4) is 11.5 Å². The van der Waals surface area contributed by atoms with E-state index in [0.29, 0.717) is 45.3 Å². The summed E-state index contributed by atoms with van der Waals surface area (Å²) < 4.78 is 13.1. The summed E-state index contributed by atoms with van der Waals surface area (Å²) in [5.74, 6) is 0.555. The van der Waals surface area contributed by atoms with Crippen LogP contribution in [0.5, 0.6) is 11.5 Å². The molecule has 5 aromatic rings. The molecule has 2 aliphatic rings. The number of carbonyl (C=O) groups excluding carboxylic acids is 2. The fourth-order valence-electron chi connectivity index (χ4n) is 6.68. The minimum absolute atomic E-state index is 0.283. The van der Waals surface area contributed by atoms with Crippen LogP contribution in [0.25, 0.3) is 0 Å².